The second kappa shape index (κ2) is 10.1. The Morgan fingerprint density at radius 1 is 1.15 bits per heavy atom. The van der Waals surface area contributed by atoms with Gasteiger partial charge in [-0.05, 0) is 25.1 Å². The molecule has 0 aliphatic heterocycles. The number of anilines is 1. The average molecular weight is 378 g/mol. The summed E-state index contributed by atoms with van der Waals surface area (Å²) in [6.07, 6.45) is -4.73. The zero-order chi connectivity index (χ0) is 19.7. The lowest BCUT2D eigenvalue weighted by Crippen LogP contribution is -2.36. The van der Waals surface area contributed by atoms with Gasteiger partial charge in [-0.1, -0.05) is 0 Å². The molecule has 0 radical (unpaired) electrons. The van der Waals surface area contributed by atoms with Crippen molar-refractivity contribution in [2.75, 3.05) is 44.8 Å². The lowest BCUT2D eigenvalue weighted by Gasteiger charge is -2.22. The molecule has 146 valence electrons. The van der Waals surface area contributed by atoms with Gasteiger partial charge < -0.3 is 25.2 Å². The van der Waals surface area contributed by atoms with E-state index >= 15 is 0 Å². The highest BCUT2D eigenvalue weighted by Gasteiger charge is 2.32. The summed E-state index contributed by atoms with van der Waals surface area (Å²) in [6.45, 7) is 0.452. The van der Waals surface area contributed by atoms with Crippen LogP contribution < -0.4 is 5.32 Å². The summed E-state index contributed by atoms with van der Waals surface area (Å²) in [6, 6.07) is 2.47. The van der Waals surface area contributed by atoms with E-state index < -0.39 is 36.8 Å². The van der Waals surface area contributed by atoms with Crippen molar-refractivity contribution in [3.05, 3.63) is 29.3 Å². The predicted molar refractivity (Wildman–Crippen MR) is 86.6 cm³/mol. The lowest BCUT2D eigenvalue weighted by molar-refractivity contribution is -0.137. The van der Waals surface area contributed by atoms with Gasteiger partial charge in [-0.3, -0.25) is 9.59 Å². The number of ether oxygens (including phenoxy) is 1. The molecule has 2 amide bonds. The van der Waals surface area contributed by atoms with Crippen molar-refractivity contribution in [3.63, 3.8) is 0 Å². The number of nitrogens with one attached hydrogen (secondary N) is 1. The van der Waals surface area contributed by atoms with Crippen molar-refractivity contribution in [1.82, 2.24) is 4.90 Å². The highest BCUT2D eigenvalue weighted by atomic mass is 19.4. The summed E-state index contributed by atoms with van der Waals surface area (Å²) in [7, 11) is 0. The summed E-state index contributed by atoms with van der Waals surface area (Å²) in [4.78, 5) is 25.1. The number of alkyl halides is 3. The Bertz CT molecular complexity index is 616. The first kappa shape index (κ1) is 21.9. The van der Waals surface area contributed by atoms with Crippen LogP contribution in [0.15, 0.2) is 18.2 Å². The van der Waals surface area contributed by atoms with Crippen molar-refractivity contribution in [1.29, 1.82) is 0 Å². The van der Waals surface area contributed by atoms with Gasteiger partial charge in [-0.25, -0.2) is 0 Å². The zero-order valence-corrected chi connectivity index (χ0v) is 14.2. The molecule has 0 atom stereocenters. The summed E-state index contributed by atoms with van der Waals surface area (Å²) >= 11 is 0. The first-order valence-electron chi connectivity index (χ1n) is 7.83. The van der Waals surface area contributed by atoms with E-state index in [1.54, 1.807) is 6.92 Å². The first-order valence-corrected chi connectivity index (χ1v) is 7.83. The highest BCUT2D eigenvalue weighted by molar-refractivity contribution is 5.97. The molecule has 0 aromatic heterocycles. The van der Waals surface area contributed by atoms with Gasteiger partial charge in [0.2, 0.25) is 5.91 Å². The number of hydrogen-bond acceptors (Lipinski definition) is 5. The third-order valence-corrected chi connectivity index (χ3v) is 3.26. The molecule has 0 bridgehead atoms. The molecule has 26 heavy (non-hydrogen) atoms. The Morgan fingerprint density at radius 2 is 1.77 bits per heavy atom. The fourth-order valence-electron chi connectivity index (χ4n) is 2.12. The second-order valence-electron chi connectivity index (χ2n) is 5.22. The number of nitrogens with zero attached hydrogens (tertiary/aromatic N) is 1. The zero-order valence-electron chi connectivity index (χ0n) is 14.2. The Hall–Kier alpha value is -2.17. The molecule has 0 spiro atoms. The van der Waals surface area contributed by atoms with Crippen molar-refractivity contribution in [2.45, 2.75) is 13.1 Å². The van der Waals surface area contributed by atoms with Gasteiger partial charge in [0, 0.05) is 30.9 Å². The number of aliphatic hydroxyl groups is 2. The van der Waals surface area contributed by atoms with E-state index in [-0.39, 0.29) is 37.6 Å². The van der Waals surface area contributed by atoms with Crippen LogP contribution in [-0.2, 0) is 15.7 Å². The molecule has 0 aliphatic rings. The van der Waals surface area contributed by atoms with E-state index in [4.69, 9.17) is 14.9 Å². The molecular formula is C16H21F3N2O5. The van der Waals surface area contributed by atoms with Crippen molar-refractivity contribution in [3.8, 4) is 0 Å². The summed E-state index contributed by atoms with van der Waals surface area (Å²) in [5.41, 5.74) is -1.64. The van der Waals surface area contributed by atoms with Crippen molar-refractivity contribution in [2.24, 2.45) is 0 Å². The molecule has 1 aromatic rings. The molecule has 0 fully saturated rings. The molecule has 3 N–H and O–H groups in total. The van der Waals surface area contributed by atoms with E-state index in [0.717, 1.165) is 11.0 Å². The SMILES string of the molecule is CCOCC(=O)Nc1cc(C(=O)N(CCO)CCO)cc(C(F)(F)F)c1. The summed E-state index contributed by atoms with van der Waals surface area (Å²) in [5.74, 6) is -1.47. The van der Waals surface area contributed by atoms with Crippen LogP contribution in [-0.4, -0.2) is 66.4 Å². The number of aliphatic hydroxyl groups excluding tert-OH is 2. The number of halogens is 3. The molecule has 10 heteroatoms. The first-order chi connectivity index (χ1) is 12.2. The van der Waals surface area contributed by atoms with Crippen LogP contribution in [0.1, 0.15) is 22.8 Å². The van der Waals surface area contributed by atoms with Crippen LogP contribution in [0, 0.1) is 0 Å². The molecule has 0 unspecified atom stereocenters. The maximum Gasteiger partial charge on any atom is 0.416 e. The van der Waals surface area contributed by atoms with Gasteiger partial charge >= 0.3 is 6.18 Å². The van der Waals surface area contributed by atoms with Crippen LogP contribution in [0.3, 0.4) is 0 Å². The van der Waals surface area contributed by atoms with Crippen LogP contribution in [0.5, 0.6) is 0 Å². The molecule has 0 heterocycles. The molecule has 1 rings (SSSR count). The van der Waals surface area contributed by atoms with Gasteiger partial charge in [0.15, 0.2) is 0 Å². The number of amides is 2. The number of benzene rings is 1. The fourth-order valence-corrected chi connectivity index (χ4v) is 2.12. The molecular weight excluding hydrogens is 357 g/mol. The number of carbonyl (C=O) groups excluding carboxylic acids is 2. The van der Waals surface area contributed by atoms with E-state index in [2.05, 4.69) is 5.32 Å². The third-order valence-electron chi connectivity index (χ3n) is 3.26. The minimum atomic E-state index is -4.73. The molecule has 1 aromatic carbocycles. The monoisotopic (exact) mass is 378 g/mol. The van der Waals surface area contributed by atoms with Gasteiger partial charge in [-0.15, -0.1) is 0 Å². The highest BCUT2D eigenvalue weighted by Crippen LogP contribution is 2.32. The number of hydrogen-bond donors (Lipinski definition) is 3. The maximum atomic E-state index is 13.1. The van der Waals surface area contributed by atoms with E-state index in [1.807, 2.05) is 0 Å². The molecule has 0 aliphatic carbocycles. The van der Waals surface area contributed by atoms with Crippen molar-refractivity contribution >= 4 is 17.5 Å². The van der Waals surface area contributed by atoms with Crippen LogP contribution >= 0.6 is 0 Å². The van der Waals surface area contributed by atoms with Crippen molar-refractivity contribution < 1.29 is 37.7 Å². The van der Waals surface area contributed by atoms with E-state index in [9.17, 15) is 22.8 Å². The Morgan fingerprint density at radius 3 is 2.27 bits per heavy atom. The maximum absolute atomic E-state index is 13.1. The minimum absolute atomic E-state index is 0.151. The Balaban J connectivity index is 3.19. The summed E-state index contributed by atoms with van der Waals surface area (Å²) < 4.78 is 44.2. The topological polar surface area (TPSA) is 99.1 Å². The predicted octanol–water partition coefficient (Wildman–Crippen LogP) is 1.11. The van der Waals surface area contributed by atoms with Gasteiger partial charge in [0.25, 0.3) is 5.91 Å². The second-order valence-corrected chi connectivity index (χ2v) is 5.22. The van der Waals surface area contributed by atoms with Crippen LogP contribution in [0.4, 0.5) is 18.9 Å². The molecule has 0 saturated carbocycles. The van der Waals surface area contributed by atoms with Gasteiger partial charge in [0.1, 0.15) is 6.61 Å². The van der Waals surface area contributed by atoms with Gasteiger partial charge in [-0.2, -0.15) is 13.2 Å². The largest absolute Gasteiger partial charge is 0.416 e. The quantitative estimate of drug-likeness (QED) is 0.598. The minimum Gasteiger partial charge on any atom is -0.395 e. The summed E-state index contributed by atoms with van der Waals surface area (Å²) in [5, 5.41) is 20.2. The standard InChI is InChI=1S/C16H21F3N2O5/c1-2-26-10-14(24)20-13-8-11(7-12(9-13)16(17,18)19)15(25)21(3-5-22)4-6-23/h7-9,22-23H,2-6,10H2,1H3,(H,20,24). The van der Waals surface area contributed by atoms with Crippen LogP contribution in [0.25, 0.3) is 0 Å². The van der Waals surface area contributed by atoms with E-state index in [0.29, 0.717) is 12.1 Å². The normalized spacial score (nSPS) is 11.3. The lowest BCUT2D eigenvalue weighted by atomic mass is 10.1. The van der Waals surface area contributed by atoms with Gasteiger partial charge in [0.05, 0.1) is 18.8 Å². The average Bonchev–Trinajstić information content (AvgIpc) is 2.58. The fraction of sp³-hybridized carbons (Fsp3) is 0.500. The smallest absolute Gasteiger partial charge is 0.395 e. The third kappa shape index (κ3) is 6.62. The van der Waals surface area contributed by atoms with E-state index in [1.165, 1.54) is 0 Å². The molecule has 7 nitrogen and oxygen atoms in total. The number of carbonyl (C=O) groups is 2. The Kier molecular flexibility index (Phi) is 8.49. The van der Waals surface area contributed by atoms with Crippen LogP contribution in [0.2, 0.25) is 0 Å². The Labute approximate surface area is 148 Å². The molecule has 0 saturated heterocycles. The number of rotatable bonds is 9.